The molecule has 8 heteroatoms. The van der Waals surface area contributed by atoms with Crippen LogP contribution in [0.3, 0.4) is 0 Å². The van der Waals surface area contributed by atoms with Gasteiger partial charge >= 0.3 is 5.97 Å². The van der Waals surface area contributed by atoms with Crippen LogP contribution >= 0.6 is 0 Å². The highest BCUT2D eigenvalue weighted by atomic mass is 32.2. The zero-order valence-corrected chi connectivity index (χ0v) is 11.7. The smallest absolute Gasteiger partial charge is 0.340 e. The molecule has 0 spiro atoms. The number of hydrogen-bond donors (Lipinski definition) is 1. The summed E-state index contributed by atoms with van der Waals surface area (Å²) in [5.74, 6) is -0.604. The molecule has 0 unspecified atom stereocenters. The number of carbonyl (C=O) groups is 1. The van der Waals surface area contributed by atoms with Crippen LogP contribution in [-0.2, 0) is 14.8 Å². The van der Waals surface area contributed by atoms with Gasteiger partial charge in [0.2, 0.25) is 0 Å². The summed E-state index contributed by atoms with van der Waals surface area (Å²) in [6.45, 7) is 0. The Balaban J connectivity index is 2.50. The fraction of sp³-hybridized carbons (Fsp3) is 0.167. The van der Waals surface area contributed by atoms with Gasteiger partial charge in [0.05, 0.1) is 24.6 Å². The SMILES string of the molecule is COC(=O)c1ccccc1N(C)S(=O)(=O)c1ccn[nH]1. The van der Waals surface area contributed by atoms with Crippen LogP contribution in [0, 0.1) is 0 Å². The van der Waals surface area contributed by atoms with Crippen molar-refractivity contribution in [2.75, 3.05) is 18.5 Å². The van der Waals surface area contributed by atoms with Crippen molar-refractivity contribution in [1.29, 1.82) is 0 Å². The van der Waals surface area contributed by atoms with Gasteiger partial charge in [-0.1, -0.05) is 12.1 Å². The molecule has 106 valence electrons. The van der Waals surface area contributed by atoms with Crippen LogP contribution in [-0.4, -0.2) is 38.7 Å². The van der Waals surface area contributed by atoms with E-state index in [2.05, 4.69) is 14.9 Å². The number of rotatable bonds is 4. The van der Waals surface area contributed by atoms with Crippen LogP contribution in [0.5, 0.6) is 0 Å². The Hall–Kier alpha value is -2.35. The van der Waals surface area contributed by atoms with Crippen LogP contribution in [0.4, 0.5) is 5.69 Å². The van der Waals surface area contributed by atoms with Crippen molar-refractivity contribution >= 4 is 21.7 Å². The lowest BCUT2D eigenvalue weighted by atomic mass is 10.2. The standard InChI is InChI=1S/C12H13N3O4S/c1-15(20(17,18)11-7-8-13-14-11)10-6-4-3-5-9(10)12(16)19-2/h3-8H,1-2H3,(H,13,14). The predicted molar refractivity (Wildman–Crippen MR) is 72.0 cm³/mol. The van der Waals surface area contributed by atoms with Crippen molar-refractivity contribution in [3.05, 3.63) is 42.1 Å². The summed E-state index contributed by atoms with van der Waals surface area (Å²) in [5.41, 5.74) is 0.398. The van der Waals surface area contributed by atoms with Crippen LogP contribution in [0.25, 0.3) is 0 Å². The molecule has 2 rings (SSSR count). The molecule has 1 aromatic heterocycles. The third-order valence-corrected chi connectivity index (χ3v) is 4.46. The number of aromatic amines is 1. The second kappa shape index (κ2) is 5.33. The molecule has 0 aliphatic carbocycles. The first-order chi connectivity index (χ1) is 9.48. The molecular weight excluding hydrogens is 282 g/mol. The lowest BCUT2D eigenvalue weighted by molar-refractivity contribution is 0.0601. The molecule has 0 aliphatic heterocycles. The molecule has 0 radical (unpaired) electrons. The number of aromatic nitrogens is 2. The summed E-state index contributed by atoms with van der Waals surface area (Å²) in [4.78, 5) is 11.7. The second-order valence-corrected chi connectivity index (χ2v) is 5.84. The highest BCUT2D eigenvalue weighted by Crippen LogP contribution is 2.25. The molecule has 20 heavy (non-hydrogen) atoms. The van der Waals surface area contributed by atoms with E-state index in [1.54, 1.807) is 12.1 Å². The first-order valence-corrected chi connectivity index (χ1v) is 7.08. The monoisotopic (exact) mass is 295 g/mol. The van der Waals surface area contributed by atoms with Gasteiger partial charge in [-0.15, -0.1) is 0 Å². The summed E-state index contributed by atoms with van der Waals surface area (Å²) < 4.78 is 30.4. The molecule has 1 heterocycles. The molecule has 0 saturated carbocycles. The molecule has 7 nitrogen and oxygen atoms in total. The van der Waals surface area contributed by atoms with Crippen molar-refractivity contribution in [3.63, 3.8) is 0 Å². The summed E-state index contributed by atoms with van der Waals surface area (Å²) in [6, 6.07) is 7.64. The van der Waals surface area contributed by atoms with Gasteiger partial charge in [0, 0.05) is 7.05 Å². The van der Waals surface area contributed by atoms with Crippen molar-refractivity contribution < 1.29 is 17.9 Å². The average molecular weight is 295 g/mol. The third kappa shape index (κ3) is 2.37. The molecule has 0 atom stereocenters. The van der Waals surface area contributed by atoms with E-state index in [0.717, 1.165) is 4.31 Å². The number of sulfonamides is 1. The van der Waals surface area contributed by atoms with Gasteiger partial charge in [0.1, 0.15) is 0 Å². The summed E-state index contributed by atoms with van der Waals surface area (Å²) in [7, 11) is -1.21. The first kappa shape index (κ1) is 14.1. The normalized spacial score (nSPS) is 11.1. The van der Waals surface area contributed by atoms with Gasteiger partial charge in [0.25, 0.3) is 10.0 Å². The Morgan fingerprint density at radius 3 is 2.60 bits per heavy atom. The molecule has 1 aromatic carbocycles. The van der Waals surface area contributed by atoms with Crippen molar-refractivity contribution in [1.82, 2.24) is 10.2 Å². The van der Waals surface area contributed by atoms with Crippen LogP contribution < -0.4 is 4.31 Å². The number of hydrogen-bond acceptors (Lipinski definition) is 5. The van der Waals surface area contributed by atoms with E-state index in [1.807, 2.05) is 0 Å². The van der Waals surface area contributed by atoms with Crippen LogP contribution in [0.1, 0.15) is 10.4 Å². The molecule has 0 amide bonds. The highest BCUT2D eigenvalue weighted by molar-refractivity contribution is 7.92. The quantitative estimate of drug-likeness (QED) is 0.850. The average Bonchev–Trinajstić information content (AvgIpc) is 3.00. The largest absolute Gasteiger partial charge is 0.465 e. The van der Waals surface area contributed by atoms with Gasteiger partial charge in [-0.25, -0.2) is 4.79 Å². The fourth-order valence-electron chi connectivity index (χ4n) is 1.69. The number of ether oxygens (including phenoxy) is 1. The van der Waals surface area contributed by atoms with Crippen molar-refractivity contribution in [3.8, 4) is 0 Å². The minimum absolute atomic E-state index is 0.0559. The van der Waals surface area contributed by atoms with Crippen LogP contribution in [0.2, 0.25) is 0 Å². The van der Waals surface area contributed by atoms with Gasteiger partial charge in [-0.05, 0) is 18.2 Å². The fourth-order valence-corrected chi connectivity index (χ4v) is 2.81. The number of carbonyl (C=O) groups excluding carboxylic acids is 1. The third-order valence-electron chi connectivity index (χ3n) is 2.76. The molecule has 0 saturated heterocycles. The van der Waals surface area contributed by atoms with E-state index in [1.165, 1.54) is 38.6 Å². The van der Waals surface area contributed by atoms with E-state index in [9.17, 15) is 13.2 Å². The topological polar surface area (TPSA) is 92.4 Å². The zero-order chi connectivity index (χ0) is 14.8. The van der Waals surface area contributed by atoms with Gasteiger partial charge in [-0.3, -0.25) is 9.40 Å². The minimum atomic E-state index is -3.81. The molecule has 0 bridgehead atoms. The Morgan fingerprint density at radius 1 is 1.30 bits per heavy atom. The number of H-pyrrole nitrogens is 1. The minimum Gasteiger partial charge on any atom is -0.465 e. The Bertz CT molecular complexity index is 710. The highest BCUT2D eigenvalue weighted by Gasteiger charge is 2.26. The lowest BCUT2D eigenvalue weighted by Crippen LogP contribution is -2.28. The molecule has 2 aromatic rings. The molecular formula is C12H13N3O4S. The summed E-state index contributed by atoms with van der Waals surface area (Å²) in [6.07, 6.45) is 1.34. The second-order valence-electron chi connectivity index (χ2n) is 3.90. The number of methoxy groups -OCH3 is 1. The van der Waals surface area contributed by atoms with E-state index in [4.69, 9.17) is 0 Å². The molecule has 0 fully saturated rings. The Morgan fingerprint density at radius 2 is 2.00 bits per heavy atom. The number of esters is 1. The maximum atomic E-state index is 12.4. The number of para-hydroxylation sites is 1. The van der Waals surface area contributed by atoms with E-state index < -0.39 is 16.0 Å². The molecule has 1 N–H and O–H groups in total. The van der Waals surface area contributed by atoms with Crippen molar-refractivity contribution in [2.45, 2.75) is 5.03 Å². The van der Waals surface area contributed by atoms with Gasteiger partial charge < -0.3 is 4.74 Å². The van der Waals surface area contributed by atoms with E-state index >= 15 is 0 Å². The van der Waals surface area contributed by atoms with Gasteiger partial charge in [-0.2, -0.15) is 13.5 Å². The Kier molecular flexibility index (Phi) is 3.75. The maximum absolute atomic E-state index is 12.4. The maximum Gasteiger partial charge on any atom is 0.340 e. The predicted octanol–water partition coefficient (Wildman–Crippen LogP) is 1.02. The van der Waals surface area contributed by atoms with Gasteiger partial charge in [0.15, 0.2) is 5.03 Å². The Labute approximate surface area is 116 Å². The number of nitrogens with zero attached hydrogens (tertiary/aromatic N) is 2. The first-order valence-electron chi connectivity index (χ1n) is 5.64. The summed E-state index contributed by atoms with van der Waals surface area (Å²) in [5, 5.41) is 5.95. The zero-order valence-electron chi connectivity index (χ0n) is 10.9. The number of nitrogens with one attached hydrogen (secondary N) is 1. The number of benzene rings is 1. The van der Waals surface area contributed by atoms with Crippen molar-refractivity contribution in [2.24, 2.45) is 0 Å². The van der Waals surface area contributed by atoms with Crippen LogP contribution in [0.15, 0.2) is 41.6 Å². The van der Waals surface area contributed by atoms with E-state index in [0.29, 0.717) is 0 Å². The number of anilines is 1. The summed E-state index contributed by atoms with van der Waals surface area (Å²) >= 11 is 0. The van der Waals surface area contributed by atoms with E-state index in [-0.39, 0.29) is 16.3 Å². The molecule has 0 aliphatic rings. The lowest BCUT2D eigenvalue weighted by Gasteiger charge is -2.20.